The number of hydrogen-bond acceptors (Lipinski definition) is 2. The Labute approximate surface area is 133 Å². The van der Waals surface area contributed by atoms with E-state index >= 15 is 0 Å². The molecule has 0 aliphatic carbocycles. The first kappa shape index (κ1) is 17.4. The van der Waals surface area contributed by atoms with Crippen molar-refractivity contribution in [3.05, 3.63) is 22.3 Å². The first-order valence-corrected chi connectivity index (χ1v) is 9.95. The van der Waals surface area contributed by atoms with Gasteiger partial charge in [-0.2, -0.15) is 0 Å². The third-order valence-electron chi connectivity index (χ3n) is 3.51. The number of allylic oxidation sites excluding steroid dienone is 2. The van der Waals surface area contributed by atoms with E-state index in [0.717, 1.165) is 13.0 Å². The first-order chi connectivity index (χ1) is 8.64. The average molecular weight is 394 g/mol. The normalized spacial score (nSPS) is 25.3. The summed E-state index contributed by atoms with van der Waals surface area (Å²) in [5.74, 6) is 0. The molecule has 0 bridgehead atoms. The fourth-order valence-electron chi connectivity index (χ4n) is 2.90. The lowest BCUT2D eigenvalue weighted by atomic mass is 10.2. The van der Waals surface area contributed by atoms with Gasteiger partial charge in [0.15, 0.2) is 0 Å². The van der Waals surface area contributed by atoms with Crippen LogP contribution in [-0.2, 0) is 8.85 Å². The zero-order chi connectivity index (χ0) is 14.7. The van der Waals surface area contributed by atoms with Gasteiger partial charge in [0.05, 0.1) is 6.10 Å². The summed E-state index contributed by atoms with van der Waals surface area (Å²) in [7, 11) is -2.29. The van der Waals surface area contributed by atoms with Crippen molar-refractivity contribution < 1.29 is 8.85 Å². The Morgan fingerprint density at radius 3 is 2.11 bits per heavy atom. The molecule has 1 fully saturated rings. The highest BCUT2D eigenvalue weighted by atomic mass is 127. The summed E-state index contributed by atoms with van der Waals surface area (Å²) in [6, 6.07) is 0. The molecule has 2 nitrogen and oxygen atoms in total. The molecular formula is C15H27IO2Si. The molecule has 1 heterocycles. The van der Waals surface area contributed by atoms with Gasteiger partial charge in [0, 0.05) is 16.7 Å². The topological polar surface area (TPSA) is 18.5 Å². The molecule has 1 rings (SSSR count). The highest BCUT2D eigenvalue weighted by Gasteiger charge is 2.60. The first-order valence-electron chi connectivity index (χ1n) is 6.89. The second-order valence-corrected chi connectivity index (χ2v) is 12.6. The van der Waals surface area contributed by atoms with Crippen LogP contribution < -0.4 is 0 Å². The second-order valence-electron chi connectivity index (χ2n) is 7.11. The van der Waals surface area contributed by atoms with E-state index in [4.69, 9.17) is 8.85 Å². The monoisotopic (exact) mass is 394 g/mol. The van der Waals surface area contributed by atoms with Gasteiger partial charge in [-0.05, 0) is 10.5 Å². The van der Waals surface area contributed by atoms with Crippen molar-refractivity contribution >= 4 is 31.2 Å². The fourth-order valence-corrected chi connectivity index (χ4v) is 8.06. The highest BCUT2D eigenvalue weighted by Crippen LogP contribution is 2.54. The van der Waals surface area contributed by atoms with Gasteiger partial charge in [0.25, 0.3) is 0 Å². The minimum atomic E-state index is -2.29. The molecule has 0 aromatic carbocycles. The Morgan fingerprint density at radius 2 is 1.63 bits per heavy atom. The van der Waals surface area contributed by atoms with Crippen molar-refractivity contribution in [2.24, 2.45) is 0 Å². The Morgan fingerprint density at radius 1 is 1.05 bits per heavy atom. The van der Waals surface area contributed by atoms with Gasteiger partial charge < -0.3 is 8.85 Å². The summed E-state index contributed by atoms with van der Waals surface area (Å²) in [6.07, 6.45) is 7.42. The van der Waals surface area contributed by atoms with Crippen molar-refractivity contribution in [1.29, 1.82) is 0 Å². The van der Waals surface area contributed by atoms with E-state index in [9.17, 15) is 0 Å². The van der Waals surface area contributed by atoms with Crippen LogP contribution in [0.1, 0.15) is 48.0 Å². The Bertz CT molecular complexity index is 336. The lowest BCUT2D eigenvalue weighted by Gasteiger charge is -2.52. The van der Waals surface area contributed by atoms with E-state index in [0.29, 0.717) is 0 Å². The van der Waals surface area contributed by atoms with Gasteiger partial charge >= 0.3 is 8.56 Å². The van der Waals surface area contributed by atoms with E-state index in [1.165, 1.54) is 0 Å². The lowest BCUT2D eigenvalue weighted by molar-refractivity contribution is 0.0420. The van der Waals surface area contributed by atoms with E-state index in [1.807, 2.05) is 10.2 Å². The average Bonchev–Trinajstić information content (AvgIpc) is 2.27. The third-order valence-corrected chi connectivity index (χ3v) is 9.12. The summed E-state index contributed by atoms with van der Waals surface area (Å²) >= 11 is 2.23. The standard InChI is InChI=1S/C15H27IO2Si/c1-14(2,3)19(15(4,5)6)17-12-10-13(18-19)9-7-8-11-16/h7-9,11,13H,10,12H2,1-6H3/b9-7-,11-8+. The zero-order valence-corrected chi connectivity index (χ0v) is 16.2. The maximum Gasteiger partial charge on any atom is 0.349 e. The Balaban J connectivity index is 3.00. The van der Waals surface area contributed by atoms with Crippen molar-refractivity contribution in [2.75, 3.05) is 6.61 Å². The van der Waals surface area contributed by atoms with Crippen LogP contribution in [-0.4, -0.2) is 21.3 Å². The summed E-state index contributed by atoms with van der Waals surface area (Å²) in [5.41, 5.74) is 0. The van der Waals surface area contributed by atoms with Gasteiger partial charge in [0.2, 0.25) is 0 Å². The molecular weight excluding hydrogens is 367 g/mol. The van der Waals surface area contributed by atoms with Gasteiger partial charge in [-0.25, -0.2) is 0 Å². The number of rotatable bonds is 2. The van der Waals surface area contributed by atoms with E-state index in [-0.39, 0.29) is 16.2 Å². The van der Waals surface area contributed by atoms with Crippen LogP contribution in [0.4, 0.5) is 0 Å². The van der Waals surface area contributed by atoms with E-state index in [2.05, 4.69) is 76.3 Å². The molecule has 1 atom stereocenters. The Hall–Kier alpha value is 0.347. The molecule has 110 valence electrons. The van der Waals surface area contributed by atoms with Gasteiger partial charge in [-0.15, -0.1) is 0 Å². The lowest BCUT2D eigenvalue weighted by Crippen LogP contribution is -2.61. The maximum atomic E-state index is 6.54. The van der Waals surface area contributed by atoms with Crippen molar-refractivity contribution in [3.8, 4) is 0 Å². The molecule has 1 unspecified atom stereocenters. The summed E-state index contributed by atoms with van der Waals surface area (Å²) < 4.78 is 14.8. The molecule has 1 aliphatic heterocycles. The predicted octanol–water partition coefficient (Wildman–Crippen LogP) is 5.34. The smallest absolute Gasteiger partial charge is 0.349 e. The minimum Gasteiger partial charge on any atom is -0.393 e. The maximum absolute atomic E-state index is 6.54. The van der Waals surface area contributed by atoms with Crippen molar-refractivity contribution in [1.82, 2.24) is 0 Å². The zero-order valence-electron chi connectivity index (χ0n) is 13.0. The summed E-state index contributed by atoms with van der Waals surface area (Å²) in [4.78, 5) is 0. The predicted molar refractivity (Wildman–Crippen MR) is 92.9 cm³/mol. The summed E-state index contributed by atoms with van der Waals surface area (Å²) in [6.45, 7) is 14.3. The number of halogens is 1. The largest absolute Gasteiger partial charge is 0.393 e. The van der Waals surface area contributed by atoms with Crippen LogP contribution in [0, 0.1) is 0 Å². The van der Waals surface area contributed by atoms with Crippen molar-refractivity contribution in [3.63, 3.8) is 0 Å². The van der Waals surface area contributed by atoms with Gasteiger partial charge in [0.1, 0.15) is 0 Å². The summed E-state index contributed by atoms with van der Waals surface area (Å²) in [5, 5.41) is 0.133. The second kappa shape index (κ2) is 6.41. The van der Waals surface area contributed by atoms with Gasteiger partial charge in [-0.1, -0.05) is 82.4 Å². The highest BCUT2D eigenvalue weighted by molar-refractivity contribution is 14.1. The Kier molecular flexibility index (Phi) is 5.87. The molecule has 0 N–H and O–H groups in total. The van der Waals surface area contributed by atoms with Crippen LogP contribution in [0.5, 0.6) is 0 Å². The SMILES string of the molecule is CC(C)(C)[Si]1(C(C)(C)C)OCCC(/C=C\C=C\I)O1. The fraction of sp³-hybridized carbons (Fsp3) is 0.733. The number of hydrogen-bond donors (Lipinski definition) is 0. The molecule has 1 aliphatic rings. The quantitative estimate of drug-likeness (QED) is 0.358. The molecule has 0 aromatic heterocycles. The molecule has 1 saturated heterocycles. The van der Waals surface area contributed by atoms with Crippen LogP contribution in [0.25, 0.3) is 0 Å². The van der Waals surface area contributed by atoms with Crippen LogP contribution in [0.15, 0.2) is 22.3 Å². The molecule has 0 spiro atoms. The van der Waals surface area contributed by atoms with Crippen LogP contribution in [0.3, 0.4) is 0 Å². The van der Waals surface area contributed by atoms with Crippen molar-refractivity contribution in [2.45, 2.75) is 64.1 Å². The minimum absolute atomic E-state index is 0.0663. The molecule has 0 saturated carbocycles. The molecule has 0 aromatic rings. The third kappa shape index (κ3) is 3.92. The molecule has 4 heteroatoms. The van der Waals surface area contributed by atoms with Gasteiger partial charge in [-0.3, -0.25) is 0 Å². The van der Waals surface area contributed by atoms with Crippen LogP contribution >= 0.6 is 22.6 Å². The molecule has 19 heavy (non-hydrogen) atoms. The van der Waals surface area contributed by atoms with Crippen LogP contribution in [0.2, 0.25) is 10.1 Å². The molecule has 0 radical (unpaired) electrons. The van der Waals surface area contributed by atoms with E-state index in [1.54, 1.807) is 0 Å². The molecule has 0 amide bonds. The van der Waals surface area contributed by atoms with E-state index < -0.39 is 8.56 Å².